The van der Waals surface area contributed by atoms with Gasteiger partial charge in [-0.25, -0.2) is 0 Å². The molecule has 0 saturated heterocycles. The highest BCUT2D eigenvalue weighted by atomic mass is 79.9. The number of rotatable bonds is 4. The fraction of sp³-hybridized carbons (Fsp3) is 0.750. The first-order valence-corrected chi connectivity index (χ1v) is 4.82. The van der Waals surface area contributed by atoms with Crippen molar-refractivity contribution in [3.05, 3.63) is 0 Å². The Morgan fingerprint density at radius 2 is 1.92 bits per heavy atom. The van der Waals surface area contributed by atoms with E-state index in [1.165, 1.54) is 6.92 Å². The molecule has 1 unspecified atom stereocenters. The number of carboxylic acid groups (broad SMARTS) is 1. The third-order valence-corrected chi connectivity index (χ3v) is 2.93. The number of aliphatic carboxylic acids is 1. The van der Waals surface area contributed by atoms with Gasteiger partial charge >= 0.3 is 5.97 Å². The molecule has 0 aliphatic heterocycles. The van der Waals surface area contributed by atoms with E-state index in [1.807, 2.05) is 0 Å². The highest BCUT2D eigenvalue weighted by molar-refractivity contribution is 9.09. The van der Waals surface area contributed by atoms with Crippen LogP contribution in [0.5, 0.6) is 0 Å². The minimum absolute atomic E-state index is 0.159. The van der Waals surface area contributed by atoms with Crippen molar-refractivity contribution in [3.8, 4) is 0 Å². The number of halogens is 1. The molecule has 0 aliphatic carbocycles. The van der Waals surface area contributed by atoms with Crippen molar-refractivity contribution in [2.75, 3.05) is 5.33 Å². The normalized spacial score (nSPS) is 15.8. The van der Waals surface area contributed by atoms with Crippen molar-refractivity contribution in [2.24, 2.45) is 11.3 Å². The summed E-state index contributed by atoms with van der Waals surface area (Å²) in [5.41, 5.74) is -1.28. The molecule has 0 bridgehead atoms. The van der Waals surface area contributed by atoms with E-state index in [9.17, 15) is 9.59 Å². The molecule has 0 amide bonds. The predicted molar refractivity (Wildman–Crippen MR) is 49.4 cm³/mol. The molecular weight excluding hydrogens is 224 g/mol. The largest absolute Gasteiger partial charge is 0.480 e. The zero-order chi connectivity index (χ0) is 9.94. The number of carbonyl (C=O) groups excluding carboxylic acids is 1. The molecule has 0 radical (unpaired) electrons. The van der Waals surface area contributed by atoms with Gasteiger partial charge in [-0.2, -0.15) is 0 Å². The summed E-state index contributed by atoms with van der Waals surface area (Å²) in [4.78, 5) is 22.2. The number of alkyl halides is 1. The second-order valence-electron chi connectivity index (χ2n) is 3.29. The molecule has 3 nitrogen and oxygen atoms in total. The van der Waals surface area contributed by atoms with Crippen LogP contribution in [0.3, 0.4) is 0 Å². The van der Waals surface area contributed by atoms with Gasteiger partial charge in [-0.15, -0.1) is 0 Å². The van der Waals surface area contributed by atoms with Crippen molar-refractivity contribution >= 4 is 27.7 Å². The summed E-state index contributed by atoms with van der Waals surface area (Å²) in [6.07, 6.45) is 0. The molecular formula is C8H13BrO3. The van der Waals surface area contributed by atoms with Gasteiger partial charge < -0.3 is 5.11 Å². The van der Waals surface area contributed by atoms with E-state index >= 15 is 0 Å². The van der Waals surface area contributed by atoms with Crippen LogP contribution in [0.25, 0.3) is 0 Å². The summed E-state index contributed by atoms with van der Waals surface area (Å²) in [5.74, 6) is -1.56. The van der Waals surface area contributed by atoms with E-state index < -0.39 is 11.4 Å². The lowest BCUT2D eigenvalue weighted by atomic mass is 9.82. The van der Waals surface area contributed by atoms with Crippen LogP contribution < -0.4 is 0 Å². The van der Waals surface area contributed by atoms with Crippen molar-refractivity contribution < 1.29 is 14.7 Å². The average Bonchev–Trinajstić information content (AvgIpc) is 2.01. The van der Waals surface area contributed by atoms with Gasteiger partial charge in [0.25, 0.3) is 0 Å². The maximum absolute atomic E-state index is 11.4. The van der Waals surface area contributed by atoms with Crippen LogP contribution >= 0.6 is 15.9 Å². The molecule has 0 rings (SSSR count). The quantitative estimate of drug-likeness (QED) is 0.598. The maximum atomic E-state index is 11.4. The lowest BCUT2D eigenvalue weighted by Gasteiger charge is -2.22. The second kappa shape index (κ2) is 4.03. The van der Waals surface area contributed by atoms with Gasteiger partial charge in [0, 0.05) is 11.2 Å². The fourth-order valence-corrected chi connectivity index (χ4v) is 1.38. The predicted octanol–water partition coefficient (Wildman–Crippen LogP) is 1.70. The number of hydrogen-bond acceptors (Lipinski definition) is 2. The minimum atomic E-state index is -1.28. The molecule has 0 aromatic heterocycles. The van der Waals surface area contributed by atoms with Crippen LogP contribution in [0.15, 0.2) is 0 Å². The lowest BCUT2D eigenvalue weighted by Crippen LogP contribution is -2.40. The van der Waals surface area contributed by atoms with Crippen molar-refractivity contribution in [2.45, 2.75) is 20.8 Å². The molecule has 0 fully saturated rings. The fourth-order valence-electron chi connectivity index (χ4n) is 0.866. The summed E-state index contributed by atoms with van der Waals surface area (Å²) in [7, 11) is 0. The zero-order valence-electron chi connectivity index (χ0n) is 7.43. The summed E-state index contributed by atoms with van der Waals surface area (Å²) in [5, 5.41) is 8.96. The van der Waals surface area contributed by atoms with Gasteiger partial charge in [-0.3, -0.25) is 9.59 Å². The molecule has 0 heterocycles. The molecule has 70 valence electrons. The highest BCUT2D eigenvalue weighted by Gasteiger charge is 2.40. The molecule has 0 aromatic carbocycles. The standard InChI is InChI=1S/C8H13BrO3/c1-5(2)6(10)8(3,4-9)7(11)12/h5H,4H2,1-3H3,(H,11,12). The van der Waals surface area contributed by atoms with Gasteiger partial charge in [0.1, 0.15) is 5.41 Å². The number of hydrogen-bond donors (Lipinski definition) is 1. The van der Waals surface area contributed by atoms with Gasteiger partial charge in [0.15, 0.2) is 5.78 Å². The monoisotopic (exact) mass is 236 g/mol. The van der Waals surface area contributed by atoms with E-state index in [0.29, 0.717) is 0 Å². The van der Waals surface area contributed by atoms with E-state index in [1.54, 1.807) is 13.8 Å². The third kappa shape index (κ3) is 2.06. The van der Waals surface area contributed by atoms with E-state index in [2.05, 4.69) is 15.9 Å². The Bertz CT molecular complexity index is 200. The number of carbonyl (C=O) groups is 2. The molecule has 12 heavy (non-hydrogen) atoms. The Morgan fingerprint density at radius 3 is 2.00 bits per heavy atom. The van der Waals surface area contributed by atoms with Crippen LogP contribution in [0.4, 0.5) is 0 Å². The smallest absolute Gasteiger partial charge is 0.317 e. The Labute approximate surface area is 80.3 Å². The van der Waals surface area contributed by atoms with Crippen LogP contribution in [0.2, 0.25) is 0 Å². The summed E-state index contributed by atoms with van der Waals surface area (Å²) >= 11 is 3.04. The molecule has 0 aromatic rings. The summed E-state index contributed by atoms with van der Waals surface area (Å²) in [6.45, 7) is 4.84. The Balaban J connectivity index is 4.76. The van der Waals surface area contributed by atoms with Crippen molar-refractivity contribution in [1.29, 1.82) is 0 Å². The Hall–Kier alpha value is -0.380. The first kappa shape index (κ1) is 11.6. The summed E-state index contributed by atoms with van der Waals surface area (Å²) < 4.78 is 0. The topological polar surface area (TPSA) is 54.4 Å². The van der Waals surface area contributed by atoms with Gasteiger partial charge in [-0.1, -0.05) is 29.8 Å². The van der Waals surface area contributed by atoms with Crippen molar-refractivity contribution in [1.82, 2.24) is 0 Å². The van der Waals surface area contributed by atoms with Gasteiger partial charge in [-0.05, 0) is 6.92 Å². The number of Topliss-reactive ketones (excluding diaryl/α,β-unsaturated/α-hetero) is 1. The average molecular weight is 237 g/mol. The van der Waals surface area contributed by atoms with E-state index in [4.69, 9.17) is 5.11 Å². The molecule has 0 spiro atoms. The van der Waals surface area contributed by atoms with E-state index in [0.717, 1.165) is 0 Å². The zero-order valence-corrected chi connectivity index (χ0v) is 9.01. The Morgan fingerprint density at radius 1 is 1.50 bits per heavy atom. The van der Waals surface area contributed by atoms with Crippen LogP contribution in [-0.2, 0) is 9.59 Å². The first-order valence-electron chi connectivity index (χ1n) is 3.70. The van der Waals surface area contributed by atoms with Gasteiger partial charge in [0.2, 0.25) is 0 Å². The first-order chi connectivity index (χ1) is 5.36. The van der Waals surface area contributed by atoms with Crippen molar-refractivity contribution in [3.63, 3.8) is 0 Å². The van der Waals surface area contributed by atoms with Crippen LogP contribution in [0.1, 0.15) is 20.8 Å². The van der Waals surface area contributed by atoms with Gasteiger partial charge in [0.05, 0.1) is 0 Å². The lowest BCUT2D eigenvalue weighted by molar-refractivity contribution is -0.153. The second-order valence-corrected chi connectivity index (χ2v) is 3.85. The van der Waals surface area contributed by atoms with E-state index in [-0.39, 0.29) is 17.0 Å². The molecule has 0 aliphatic rings. The summed E-state index contributed by atoms with van der Waals surface area (Å²) in [6, 6.07) is 0. The molecule has 1 N–H and O–H groups in total. The SMILES string of the molecule is CC(C)C(=O)C(C)(CBr)C(=O)O. The number of ketones is 1. The highest BCUT2D eigenvalue weighted by Crippen LogP contribution is 2.24. The molecule has 4 heteroatoms. The maximum Gasteiger partial charge on any atom is 0.317 e. The third-order valence-electron chi connectivity index (χ3n) is 1.81. The Kier molecular flexibility index (Phi) is 3.90. The minimum Gasteiger partial charge on any atom is -0.480 e. The molecule has 0 saturated carbocycles. The van der Waals surface area contributed by atoms with Crippen LogP contribution in [0, 0.1) is 11.3 Å². The van der Waals surface area contributed by atoms with Crippen LogP contribution in [-0.4, -0.2) is 22.2 Å². The molecule has 1 atom stereocenters. The number of carboxylic acids is 1.